The Morgan fingerprint density at radius 2 is 2.04 bits per heavy atom. The molecule has 1 aromatic carbocycles. The molecule has 0 bridgehead atoms. The van der Waals surface area contributed by atoms with Gasteiger partial charge in [0, 0.05) is 17.8 Å². The molecule has 0 atom stereocenters. The van der Waals surface area contributed by atoms with Gasteiger partial charge in [-0.2, -0.15) is 0 Å². The van der Waals surface area contributed by atoms with E-state index in [1.54, 1.807) is 13.0 Å². The van der Waals surface area contributed by atoms with Gasteiger partial charge in [0.2, 0.25) is 0 Å². The van der Waals surface area contributed by atoms with Crippen molar-refractivity contribution in [1.82, 2.24) is 15.1 Å². The van der Waals surface area contributed by atoms with Gasteiger partial charge in [0.1, 0.15) is 29.4 Å². The summed E-state index contributed by atoms with van der Waals surface area (Å²) in [4.78, 5) is 20.1. The Morgan fingerprint density at radius 1 is 1.21 bits per heavy atom. The number of nitrogens with zero attached hydrogens (tertiary/aromatic N) is 3. The highest BCUT2D eigenvalue weighted by molar-refractivity contribution is 6.31. The first-order valence-corrected chi connectivity index (χ1v) is 7.18. The fraction of sp³-hybridized carbons (Fsp3) is 0.0667. The standard InChI is InChI=1S/C15H11ClFN5O2/c1-8-4-14(22-24-8)21-15(23)12-6-13(19-7-18-12)20-9-2-3-11(17)10(16)5-9/h2-7H,1H3,(H,18,19,20)(H,21,22,23). The fourth-order valence-electron chi connectivity index (χ4n) is 1.88. The number of benzene rings is 1. The monoisotopic (exact) mass is 347 g/mol. The molecule has 0 spiro atoms. The lowest BCUT2D eigenvalue weighted by Crippen LogP contribution is -2.14. The molecule has 7 nitrogen and oxygen atoms in total. The normalized spacial score (nSPS) is 10.5. The Bertz CT molecular complexity index is 899. The number of carbonyl (C=O) groups excluding carboxylic acids is 1. The van der Waals surface area contributed by atoms with Crippen molar-refractivity contribution in [2.45, 2.75) is 6.92 Å². The number of carbonyl (C=O) groups is 1. The van der Waals surface area contributed by atoms with Gasteiger partial charge in [-0.3, -0.25) is 4.79 Å². The summed E-state index contributed by atoms with van der Waals surface area (Å²) in [7, 11) is 0. The highest BCUT2D eigenvalue weighted by atomic mass is 35.5. The molecule has 24 heavy (non-hydrogen) atoms. The molecule has 2 N–H and O–H groups in total. The third-order valence-electron chi connectivity index (χ3n) is 2.96. The van der Waals surface area contributed by atoms with Crippen molar-refractivity contribution >= 4 is 34.8 Å². The van der Waals surface area contributed by atoms with Crippen LogP contribution in [0.15, 0.2) is 41.2 Å². The molecule has 0 unspecified atom stereocenters. The molecular weight excluding hydrogens is 337 g/mol. The molecule has 9 heteroatoms. The van der Waals surface area contributed by atoms with Gasteiger partial charge in [-0.15, -0.1) is 0 Å². The second-order valence-corrected chi connectivity index (χ2v) is 5.23. The zero-order valence-electron chi connectivity index (χ0n) is 12.4. The molecule has 122 valence electrons. The number of hydrogen-bond acceptors (Lipinski definition) is 6. The van der Waals surface area contributed by atoms with Crippen LogP contribution in [-0.2, 0) is 0 Å². The minimum atomic E-state index is -0.520. The molecule has 0 saturated heterocycles. The number of halogens is 2. The topological polar surface area (TPSA) is 92.9 Å². The van der Waals surface area contributed by atoms with Gasteiger partial charge < -0.3 is 15.2 Å². The molecule has 2 heterocycles. The number of aromatic nitrogens is 3. The second kappa shape index (κ2) is 6.63. The van der Waals surface area contributed by atoms with Gasteiger partial charge >= 0.3 is 0 Å². The zero-order valence-corrected chi connectivity index (χ0v) is 13.1. The van der Waals surface area contributed by atoms with E-state index < -0.39 is 11.7 Å². The Kier molecular flexibility index (Phi) is 4.39. The van der Waals surface area contributed by atoms with Crippen LogP contribution in [0, 0.1) is 12.7 Å². The molecule has 3 aromatic rings. The Hall–Kier alpha value is -3.00. The summed E-state index contributed by atoms with van der Waals surface area (Å²) >= 11 is 5.73. The van der Waals surface area contributed by atoms with Crippen molar-refractivity contribution in [2.75, 3.05) is 10.6 Å². The van der Waals surface area contributed by atoms with E-state index in [4.69, 9.17) is 16.1 Å². The highest BCUT2D eigenvalue weighted by Gasteiger charge is 2.12. The molecule has 3 rings (SSSR count). The maximum Gasteiger partial charge on any atom is 0.275 e. The smallest absolute Gasteiger partial charge is 0.275 e. The molecular formula is C15H11ClFN5O2. The van der Waals surface area contributed by atoms with Crippen molar-refractivity contribution < 1.29 is 13.7 Å². The predicted molar refractivity (Wildman–Crippen MR) is 85.9 cm³/mol. The molecule has 0 aliphatic heterocycles. The molecule has 2 aromatic heterocycles. The summed E-state index contributed by atoms with van der Waals surface area (Å²) in [5.41, 5.74) is 0.653. The molecule has 0 saturated carbocycles. The van der Waals surface area contributed by atoms with Crippen molar-refractivity contribution in [2.24, 2.45) is 0 Å². The van der Waals surface area contributed by atoms with Crippen LogP contribution in [0.1, 0.15) is 16.2 Å². The molecule has 0 aliphatic carbocycles. The van der Waals surface area contributed by atoms with Crippen molar-refractivity contribution in [3.63, 3.8) is 0 Å². The minimum absolute atomic E-state index is 0.0200. The van der Waals surface area contributed by atoms with Crippen LogP contribution in [0.5, 0.6) is 0 Å². The lowest BCUT2D eigenvalue weighted by atomic mass is 10.3. The summed E-state index contributed by atoms with van der Waals surface area (Å²) in [5, 5.41) is 9.13. The predicted octanol–water partition coefficient (Wildman–Crippen LogP) is 3.56. The van der Waals surface area contributed by atoms with E-state index in [0.717, 1.165) is 0 Å². The first-order valence-electron chi connectivity index (χ1n) is 6.80. The zero-order chi connectivity index (χ0) is 17.1. The minimum Gasteiger partial charge on any atom is -0.360 e. The van der Waals surface area contributed by atoms with E-state index in [1.165, 1.54) is 30.6 Å². The fourth-order valence-corrected chi connectivity index (χ4v) is 2.06. The van der Waals surface area contributed by atoms with Crippen LogP contribution in [0.3, 0.4) is 0 Å². The van der Waals surface area contributed by atoms with Gasteiger partial charge in [0.05, 0.1) is 5.02 Å². The van der Waals surface area contributed by atoms with Crippen LogP contribution in [0.2, 0.25) is 5.02 Å². The largest absolute Gasteiger partial charge is 0.360 e. The van der Waals surface area contributed by atoms with Gasteiger partial charge in [-0.1, -0.05) is 16.8 Å². The number of amides is 1. The maximum absolute atomic E-state index is 13.2. The maximum atomic E-state index is 13.2. The lowest BCUT2D eigenvalue weighted by molar-refractivity contribution is 0.102. The van der Waals surface area contributed by atoms with E-state index in [9.17, 15) is 9.18 Å². The molecule has 0 radical (unpaired) electrons. The van der Waals surface area contributed by atoms with Crippen LogP contribution in [-0.4, -0.2) is 21.0 Å². The number of nitrogens with one attached hydrogen (secondary N) is 2. The van der Waals surface area contributed by atoms with Crippen LogP contribution in [0.4, 0.5) is 21.7 Å². The van der Waals surface area contributed by atoms with E-state index in [1.807, 2.05) is 0 Å². The van der Waals surface area contributed by atoms with Crippen molar-refractivity contribution in [3.05, 3.63) is 59.0 Å². The van der Waals surface area contributed by atoms with E-state index >= 15 is 0 Å². The first-order chi connectivity index (χ1) is 11.5. The summed E-state index contributed by atoms with van der Waals surface area (Å²) in [6.07, 6.45) is 1.23. The summed E-state index contributed by atoms with van der Waals surface area (Å²) < 4.78 is 18.0. The lowest BCUT2D eigenvalue weighted by Gasteiger charge is -2.07. The third-order valence-corrected chi connectivity index (χ3v) is 3.25. The van der Waals surface area contributed by atoms with Gasteiger partial charge in [-0.25, -0.2) is 14.4 Å². The van der Waals surface area contributed by atoms with E-state index in [0.29, 0.717) is 17.3 Å². The van der Waals surface area contributed by atoms with E-state index in [2.05, 4.69) is 25.8 Å². The molecule has 0 fully saturated rings. The number of anilines is 3. The van der Waals surface area contributed by atoms with Crippen LogP contribution >= 0.6 is 11.6 Å². The number of aryl methyl sites for hydroxylation is 1. The second-order valence-electron chi connectivity index (χ2n) is 4.82. The van der Waals surface area contributed by atoms with Gasteiger partial charge in [0.15, 0.2) is 5.82 Å². The average molecular weight is 348 g/mol. The van der Waals surface area contributed by atoms with Crippen molar-refractivity contribution in [3.8, 4) is 0 Å². The number of rotatable bonds is 4. The first kappa shape index (κ1) is 15.9. The SMILES string of the molecule is Cc1cc(NC(=O)c2cc(Nc3ccc(F)c(Cl)c3)ncn2)no1. The summed E-state index contributed by atoms with van der Waals surface area (Å²) in [5.74, 6) is 0.229. The third kappa shape index (κ3) is 3.66. The Balaban J connectivity index is 1.75. The molecule has 1 amide bonds. The Morgan fingerprint density at radius 3 is 2.75 bits per heavy atom. The van der Waals surface area contributed by atoms with E-state index in [-0.39, 0.29) is 16.5 Å². The summed E-state index contributed by atoms with van der Waals surface area (Å²) in [6, 6.07) is 7.17. The van der Waals surface area contributed by atoms with Crippen LogP contribution < -0.4 is 10.6 Å². The highest BCUT2D eigenvalue weighted by Crippen LogP contribution is 2.22. The summed E-state index contributed by atoms with van der Waals surface area (Å²) in [6.45, 7) is 1.71. The average Bonchev–Trinajstić information content (AvgIpc) is 2.96. The quantitative estimate of drug-likeness (QED) is 0.749. The van der Waals surface area contributed by atoms with Gasteiger partial charge in [-0.05, 0) is 25.1 Å². The van der Waals surface area contributed by atoms with Gasteiger partial charge in [0.25, 0.3) is 5.91 Å². The molecule has 0 aliphatic rings. The van der Waals surface area contributed by atoms with Crippen molar-refractivity contribution in [1.29, 1.82) is 0 Å². The number of hydrogen-bond donors (Lipinski definition) is 2. The van der Waals surface area contributed by atoms with Crippen LogP contribution in [0.25, 0.3) is 0 Å². The Labute approximate surface area is 140 Å².